The second-order valence-corrected chi connectivity index (χ2v) is 9.33. The van der Waals surface area contributed by atoms with E-state index in [1.165, 1.54) is 25.1 Å². The van der Waals surface area contributed by atoms with Crippen molar-refractivity contribution in [2.45, 2.75) is 25.3 Å². The van der Waals surface area contributed by atoms with E-state index in [0.717, 1.165) is 12.0 Å². The standard InChI is InChI=1S/C27H24Cl2N2O4/c1-17(25(33)34)27(30-24(32)19-13-14-21(28)22(29)16-19)20-11-5-6-12-23(20)31(26(27)35)15-7-10-18-8-3-2-4-9-18/h2-6,8-9,11-14,16-17H,7,10,15H2,1H3,(H,30,32)(H,33,34). The van der Waals surface area contributed by atoms with Crippen molar-refractivity contribution in [3.8, 4) is 0 Å². The summed E-state index contributed by atoms with van der Waals surface area (Å²) < 4.78 is 0. The minimum absolute atomic E-state index is 0.171. The summed E-state index contributed by atoms with van der Waals surface area (Å²) in [7, 11) is 0. The molecule has 0 spiro atoms. The summed E-state index contributed by atoms with van der Waals surface area (Å²) in [5.74, 6) is -3.53. The number of aryl methyl sites for hydroxylation is 1. The van der Waals surface area contributed by atoms with Gasteiger partial charge in [0.2, 0.25) is 0 Å². The first-order valence-electron chi connectivity index (χ1n) is 11.2. The fraction of sp³-hybridized carbons (Fsp3) is 0.222. The van der Waals surface area contributed by atoms with Crippen molar-refractivity contribution < 1.29 is 19.5 Å². The Hall–Kier alpha value is -3.35. The maximum Gasteiger partial charge on any atom is 0.309 e. The molecule has 4 rings (SSSR count). The first kappa shape index (κ1) is 24.8. The highest BCUT2D eigenvalue weighted by molar-refractivity contribution is 6.42. The number of hydrogen-bond acceptors (Lipinski definition) is 3. The summed E-state index contributed by atoms with van der Waals surface area (Å²) in [5.41, 5.74) is 0.578. The number of nitrogens with zero attached hydrogens (tertiary/aromatic N) is 1. The van der Waals surface area contributed by atoms with Gasteiger partial charge in [-0.25, -0.2) is 0 Å². The SMILES string of the molecule is CC(C(=O)O)C1(NC(=O)c2ccc(Cl)c(Cl)c2)C(=O)N(CCCc2ccccc2)c2ccccc21. The molecule has 0 aliphatic carbocycles. The van der Waals surface area contributed by atoms with Crippen LogP contribution in [0.4, 0.5) is 5.69 Å². The number of anilines is 1. The quantitative estimate of drug-likeness (QED) is 0.429. The van der Waals surface area contributed by atoms with E-state index < -0.39 is 29.2 Å². The number of aliphatic carboxylic acids is 1. The average Bonchev–Trinajstić information content (AvgIpc) is 3.09. The maximum absolute atomic E-state index is 14.0. The van der Waals surface area contributed by atoms with E-state index in [1.807, 2.05) is 30.3 Å². The van der Waals surface area contributed by atoms with Gasteiger partial charge in [0.1, 0.15) is 0 Å². The highest BCUT2D eigenvalue weighted by Gasteiger charge is 2.57. The number of halogens is 2. The summed E-state index contributed by atoms with van der Waals surface area (Å²) >= 11 is 12.1. The molecule has 0 radical (unpaired) electrons. The van der Waals surface area contributed by atoms with Gasteiger partial charge in [-0.1, -0.05) is 71.7 Å². The Morgan fingerprint density at radius 3 is 2.37 bits per heavy atom. The number of hydrogen-bond donors (Lipinski definition) is 2. The molecule has 0 saturated heterocycles. The predicted octanol–water partition coefficient (Wildman–Crippen LogP) is 5.32. The molecule has 1 heterocycles. The highest BCUT2D eigenvalue weighted by atomic mass is 35.5. The Morgan fingerprint density at radius 2 is 1.69 bits per heavy atom. The van der Waals surface area contributed by atoms with E-state index in [4.69, 9.17) is 23.2 Å². The van der Waals surface area contributed by atoms with E-state index in [0.29, 0.717) is 24.2 Å². The van der Waals surface area contributed by atoms with Crippen LogP contribution in [0.2, 0.25) is 10.0 Å². The van der Waals surface area contributed by atoms with Crippen LogP contribution in [-0.4, -0.2) is 29.4 Å². The van der Waals surface area contributed by atoms with Gasteiger partial charge in [-0.3, -0.25) is 14.4 Å². The van der Waals surface area contributed by atoms with Crippen LogP contribution >= 0.6 is 23.2 Å². The van der Waals surface area contributed by atoms with E-state index >= 15 is 0 Å². The van der Waals surface area contributed by atoms with Crippen molar-refractivity contribution in [1.82, 2.24) is 5.32 Å². The molecule has 0 aromatic heterocycles. The minimum atomic E-state index is -1.78. The van der Waals surface area contributed by atoms with Gasteiger partial charge in [-0.15, -0.1) is 0 Å². The van der Waals surface area contributed by atoms with Gasteiger partial charge in [-0.2, -0.15) is 0 Å². The molecule has 2 N–H and O–H groups in total. The number of amides is 2. The smallest absolute Gasteiger partial charge is 0.309 e. The molecule has 6 nitrogen and oxygen atoms in total. The van der Waals surface area contributed by atoms with Gasteiger partial charge >= 0.3 is 5.97 Å². The molecule has 2 atom stereocenters. The number of benzene rings is 3. The molecular formula is C27H24Cl2N2O4. The fourth-order valence-electron chi connectivity index (χ4n) is 4.51. The topological polar surface area (TPSA) is 86.7 Å². The Labute approximate surface area is 213 Å². The van der Waals surface area contributed by atoms with Gasteiger partial charge in [0.05, 0.1) is 16.0 Å². The summed E-state index contributed by atoms with van der Waals surface area (Å²) in [6.45, 7) is 1.81. The third kappa shape index (κ3) is 4.64. The lowest BCUT2D eigenvalue weighted by molar-refractivity contribution is -0.147. The van der Waals surface area contributed by atoms with Gasteiger partial charge in [0, 0.05) is 23.4 Å². The van der Waals surface area contributed by atoms with Crippen molar-refractivity contribution in [3.05, 3.63) is 99.5 Å². The van der Waals surface area contributed by atoms with E-state index in [2.05, 4.69) is 5.32 Å². The lowest BCUT2D eigenvalue weighted by Gasteiger charge is -2.33. The van der Waals surface area contributed by atoms with Crippen molar-refractivity contribution in [2.75, 3.05) is 11.4 Å². The maximum atomic E-state index is 14.0. The fourth-order valence-corrected chi connectivity index (χ4v) is 4.81. The zero-order valence-corrected chi connectivity index (χ0v) is 20.5. The monoisotopic (exact) mass is 510 g/mol. The molecule has 3 aromatic carbocycles. The van der Waals surface area contributed by atoms with Crippen LogP contribution in [0.3, 0.4) is 0 Å². The number of carbonyl (C=O) groups excluding carboxylic acids is 2. The normalized spacial score (nSPS) is 17.7. The lowest BCUT2D eigenvalue weighted by atomic mass is 9.79. The highest BCUT2D eigenvalue weighted by Crippen LogP contribution is 2.45. The molecule has 2 amide bonds. The Morgan fingerprint density at radius 1 is 1.00 bits per heavy atom. The number of nitrogens with one attached hydrogen (secondary N) is 1. The summed E-state index contributed by atoms with van der Waals surface area (Å²) in [6, 6.07) is 21.3. The molecule has 180 valence electrons. The largest absolute Gasteiger partial charge is 0.481 e. The van der Waals surface area contributed by atoms with Crippen LogP contribution in [0.5, 0.6) is 0 Å². The molecule has 0 saturated carbocycles. The summed E-state index contributed by atoms with van der Waals surface area (Å²) in [6.07, 6.45) is 1.42. The van der Waals surface area contributed by atoms with Crippen molar-refractivity contribution in [1.29, 1.82) is 0 Å². The zero-order valence-electron chi connectivity index (χ0n) is 19.0. The van der Waals surface area contributed by atoms with Crippen LogP contribution in [0.15, 0.2) is 72.8 Å². The number of carbonyl (C=O) groups is 3. The van der Waals surface area contributed by atoms with Gasteiger partial charge in [-0.05, 0) is 49.6 Å². The van der Waals surface area contributed by atoms with Crippen molar-refractivity contribution >= 4 is 46.7 Å². The van der Waals surface area contributed by atoms with Crippen molar-refractivity contribution in [3.63, 3.8) is 0 Å². The van der Waals surface area contributed by atoms with Gasteiger partial charge in [0.15, 0.2) is 5.54 Å². The van der Waals surface area contributed by atoms with Crippen LogP contribution in [0.25, 0.3) is 0 Å². The summed E-state index contributed by atoms with van der Waals surface area (Å²) in [5, 5.41) is 13.2. The Balaban J connectivity index is 1.70. The predicted molar refractivity (Wildman–Crippen MR) is 136 cm³/mol. The van der Waals surface area contributed by atoms with E-state index in [1.54, 1.807) is 29.2 Å². The molecule has 1 aliphatic rings. The summed E-state index contributed by atoms with van der Waals surface area (Å²) in [4.78, 5) is 41.0. The number of carboxylic acids is 1. The molecule has 3 aromatic rings. The van der Waals surface area contributed by atoms with Gasteiger partial charge in [0.25, 0.3) is 11.8 Å². The Kier molecular flexibility index (Phi) is 7.15. The van der Waals surface area contributed by atoms with Crippen LogP contribution in [-0.2, 0) is 21.5 Å². The van der Waals surface area contributed by atoms with Crippen molar-refractivity contribution in [2.24, 2.45) is 5.92 Å². The zero-order chi connectivity index (χ0) is 25.2. The number of para-hydroxylation sites is 1. The molecule has 1 aliphatic heterocycles. The molecule has 0 bridgehead atoms. The van der Waals surface area contributed by atoms with Crippen LogP contribution < -0.4 is 10.2 Å². The molecule has 35 heavy (non-hydrogen) atoms. The Bertz CT molecular complexity index is 1280. The van der Waals surface area contributed by atoms with E-state index in [-0.39, 0.29) is 15.6 Å². The third-order valence-corrected chi connectivity index (χ3v) is 7.14. The van der Waals surface area contributed by atoms with Crippen LogP contribution in [0.1, 0.15) is 34.8 Å². The molecule has 8 heteroatoms. The number of fused-ring (bicyclic) bond motifs is 1. The second-order valence-electron chi connectivity index (χ2n) is 8.51. The van der Waals surface area contributed by atoms with Gasteiger partial charge < -0.3 is 15.3 Å². The van der Waals surface area contributed by atoms with Crippen LogP contribution in [0, 0.1) is 5.92 Å². The average molecular weight is 511 g/mol. The molecular weight excluding hydrogens is 487 g/mol. The van der Waals surface area contributed by atoms with E-state index in [9.17, 15) is 19.5 Å². The second kappa shape index (κ2) is 10.1. The number of carboxylic acid groups (broad SMARTS) is 1. The minimum Gasteiger partial charge on any atom is -0.481 e. The lowest BCUT2D eigenvalue weighted by Crippen LogP contribution is -2.58. The molecule has 0 fully saturated rings. The first-order valence-corrected chi connectivity index (χ1v) is 12.0. The first-order chi connectivity index (χ1) is 16.8. The molecule has 2 unspecified atom stereocenters. The third-order valence-electron chi connectivity index (χ3n) is 6.40. The number of rotatable bonds is 8.